The van der Waals surface area contributed by atoms with E-state index in [0.29, 0.717) is 18.0 Å². The predicted octanol–water partition coefficient (Wildman–Crippen LogP) is 4.76. The Bertz CT molecular complexity index is 766. The van der Waals surface area contributed by atoms with E-state index in [0.717, 1.165) is 10.5 Å². The first-order chi connectivity index (χ1) is 13.4. The molecule has 0 fully saturated rings. The molecule has 0 radical (unpaired) electrons. The molecule has 1 atom stereocenters. The molecule has 1 N–H and O–H groups in total. The minimum atomic E-state index is -0.512. The van der Waals surface area contributed by atoms with Crippen molar-refractivity contribution in [2.45, 2.75) is 50.7 Å². The zero-order valence-corrected chi connectivity index (χ0v) is 18.1. The highest BCUT2D eigenvalue weighted by Crippen LogP contribution is 2.20. The molecule has 150 valence electrons. The van der Waals surface area contributed by atoms with E-state index in [-0.39, 0.29) is 23.6 Å². The highest BCUT2D eigenvalue weighted by atomic mass is 35.5. The number of amides is 2. The van der Waals surface area contributed by atoms with Gasteiger partial charge in [-0.25, -0.2) is 0 Å². The van der Waals surface area contributed by atoms with Crippen LogP contribution in [0.1, 0.15) is 32.8 Å². The number of hydrogen-bond donors (Lipinski definition) is 1. The molecule has 2 aromatic carbocycles. The maximum Gasteiger partial charge on any atom is 0.243 e. The molecule has 0 aliphatic rings. The van der Waals surface area contributed by atoms with Crippen LogP contribution in [0, 0.1) is 0 Å². The Labute approximate surface area is 176 Å². The van der Waals surface area contributed by atoms with Crippen molar-refractivity contribution in [2.24, 2.45) is 0 Å². The molecule has 0 spiro atoms. The number of benzene rings is 2. The van der Waals surface area contributed by atoms with Crippen LogP contribution >= 0.6 is 23.4 Å². The van der Waals surface area contributed by atoms with E-state index in [1.807, 2.05) is 63.2 Å². The summed E-state index contributed by atoms with van der Waals surface area (Å²) in [6.07, 6.45) is 0.549. The van der Waals surface area contributed by atoms with Crippen LogP contribution in [0.3, 0.4) is 0 Å². The average molecular weight is 419 g/mol. The number of rotatable bonds is 9. The second-order valence-corrected chi connectivity index (χ2v) is 8.32. The summed E-state index contributed by atoms with van der Waals surface area (Å²) in [4.78, 5) is 28.5. The number of nitrogens with zero attached hydrogens (tertiary/aromatic N) is 1. The first kappa shape index (κ1) is 22.3. The number of hydrogen-bond acceptors (Lipinski definition) is 3. The average Bonchev–Trinajstić information content (AvgIpc) is 2.67. The van der Waals surface area contributed by atoms with Crippen molar-refractivity contribution in [3.63, 3.8) is 0 Å². The van der Waals surface area contributed by atoms with Gasteiger partial charge >= 0.3 is 0 Å². The number of halogens is 1. The van der Waals surface area contributed by atoms with Crippen LogP contribution in [-0.2, 0) is 16.1 Å². The lowest BCUT2D eigenvalue weighted by Crippen LogP contribution is -2.50. The minimum Gasteiger partial charge on any atom is -0.352 e. The van der Waals surface area contributed by atoms with Crippen molar-refractivity contribution in [3.8, 4) is 0 Å². The molecule has 0 bridgehead atoms. The lowest BCUT2D eigenvalue weighted by Gasteiger charge is -2.31. The normalized spacial score (nSPS) is 11.9. The van der Waals surface area contributed by atoms with Gasteiger partial charge < -0.3 is 10.2 Å². The molecule has 0 saturated heterocycles. The van der Waals surface area contributed by atoms with Gasteiger partial charge in [0, 0.05) is 22.5 Å². The van der Waals surface area contributed by atoms with Gasteiger partial charge in [-0.15, -0.1) is 11.8 Å². The monoisotopic (exact) mass is 418 g/mol. The third-order valence-corrected chi connectivity index (χ3v) is 5.44. The van der Waals surface area contributed by atoms with Crippen molar-refractivity contribution in [1.82, 2.24) is 10.2 Å². The second kappa shape index (κ2) is 11.1. The summed E-state index contributed by atoms with van der Waals surface area (Å²) >= 11 is 7.46. The highest BCUT2D eigenvalue weighted by molar-refractivity contribution is 8.00. The van der Waals surface area contributed by atoms with Gasteiger partial charge in [0.05, 0.1) is 5.75 Å². The Hall–Kier alpha value is -1.98. The van der Waals surface area contributed by atoms with E-state index in [4.69, 9.17) is 11.6 Å². The van der Waals surface area contributed by atoms with Gasteiger partial charge in [-0.05, 0) is 50.1 Å². The molecule has 2 rings (SSSR count). The van der Waals surface area contributed by atoms with Crippen LogP contribution in [0.2, 0.25) is 5.02 Å². The minimum absolute atomic E-state index is 0.0210. The van der Waals surface area contributed by atoms with Crippen molar-refractivity contribution < 1.29 is 9.59 Å². The van der Waals surface area contributed by atoms with Crippen molar-refractivity contribution in [3.05, 3.63) is 65.2 Å². The lowest BCUT2D eigenvalue weighted by molar-refractivity contribution is -0.139. The van der Waals surface area contributed by atoms with E-state index < -0.39 is 6.04 Å². The summed E-state index contributed by atoms with van der Waals surface area (Å²) in [7, 11) is 0. The largest absolute Gasteiger partial charge is 0.352 e. The number of carbonyl (C=O) groups excluding carboxylic acids is 2. The molecule has 4 nitrogen and oxygen atoms in total. The molecule has 28 heavy (non-hydrogen) atoms. The van der Waals surface area contributed by atoms with Crippen LogP contribution < -0.4 is 5.32 Å². The van der Waals surface area contributed by atoms with Gasteiger partial charge in [0.2, 0.25) is 11.8 Å². The number of carbonyl (C=O) groups is 2. The molecule has 0 aromatic heterocycles. The fourth-order valence-electron chi connectivity index (χ4n) is 2.83. The molecule has 0 aliphatic carbocycles. The summed E-state index contributed by atoms with van der Waals surface area (Å²) < 4.78 is 0. The Morgan fingerprint density at radius 3 is 2.29 bits per heavy atom. The third kappa shape index (κ3) is 6.88. The van der Waals surface area contributed by atoms with E-state index in [2.05, 4.69) is 5.32 Å². The summed E-state index contributed by atoms with van der Waals surface area (Å²) in [5, 5.41) is 3.58. The van der Waals surface area contributed by atoms with E-state index in [9.17, 15) is 9.59 Å². The van der Waals surface area contributed by atoms with Crippen LogP contribution in [0.25, 0.3) is 0 Å². The Kier molecular flexibility index (Phi) is 8.87. The summed E-state index contributed by atoms with van der Waals surface area (Å²) in [5.74, 6) is 0.0994. The maximum atomic E-state index is 13.1. The predicted molar refractivity (Wildman–Crippen MR) is 117 cm³/mol. The number of nitrogens with one attached hydrogen (secondary N) is 1. The maximum absolute atomic E-state index is 13.1. The molecular formula is C22H27ClN2O2S. The third-order valence-electron chi connectivity index (χ3n) is 4.19. The van der Waals surface area contributed by atoms with Crippen LogP contribution in [0.5, 0.6) is 0 Å². The topological polar surface area (TPSA) is 49.4 Å². The lowest BCUT2D eigenvalue weighted by atomic mass is 10.1. The molecule has 2 aromatic rings. The first-order valence-corrected chi connectivity index (χ1v) is 10.8. The Morgan fingerprint density at radius 1 is 1.07 bits per heavy atom. The molecule has 1 unspecified atom stereocenters. The van der Waals surface area contributed by atoms with Gasteiger partial charge in [0.25, 0.3) is 0 Å². The zero-order chi connectivity index (χ0) is 20.5. The first-order valence-electron chi connectivity index (χ1n) is 9.42. The highest BCUT2D eigenvalue weighted by Gasteiger charge is 2.28. The van der Waals surface area contributed by atoms with Crippen LogP contribution in [0.15, 0.2) is 59.5 Å². The summed E-state index contributed by atoms with van der Waals surface area (Å²) in [6, 6.07) is 16.7. The smallest absolute Gasteiger partial charge is 0.243 e. The summed E-state index contributed by atoms with van der Waals surface area (Å²) in [5.41, 5.74) is 0.943. The molecule has 0 saturated carbocycles. The molecular weight excluding hydrogens is 392 g/mol. The number of thioether (sulfide) groups is 1. The van der Waals surface area contributed by atoms with Gasteiger partial charge in [-0.3, -0.25) is 9.59 Å². The zero-order valence-electron chi connectivity index (χ0n) is 16.5. The molecule has 2 amide bonds. The van der Waals surface area contributed by atoms with Crippen molar-refractivity contribution in [1.29, 1.82) is 0 Å². The van der Waals surface area contributed by atoms with Gasteiger partial charge in [0.1, 0.15) is 6.04 Å². The van der Waals surface area contributed by atoms with Crippen LogP contribution in [0.4, 0.5) is 0 Å². The Morgan fingerprint density at radius 2 is 1.71 bits per heavy atom. The SMILES string of the molecule is CCC(C(=O)NC(C)C)N(Cc1ccc(Cl)cc1)C(=O)CSc1ccccc1. The van der Waals surface area contributed by atoms with Crippen molar-refractivity contribution in [2.75, 3.05) is 5.75 Å². The van der Waals surface area contributed by atoms with E-state index in [1.165, 1.54) is 11.8 Å². The standard InChI is InChI=1S/C22H27ClN2O2S/c1-4-20(22(27)24-16(2)3)25(14-17-10-12-18(23)13-11-17)21(26)15-28-19-8-6-5-7-9-19/h5-13,16,20H,4,14-15H2,1-3H3,(H,24,27). The quantitative estimate of drug-likeness (QED) is 0.597. The fraction of sp³-hybridized carbons (Fsp3) is 0.364. The van der Waals surface area contributed by atoms with Crippen molar-refractivity contribution >= 4 is 35.2 Å². The Balaban J connectivity index is 2.18. The molecule has 0 heterocycles. The van der Waals surface area contributed by atoms with Gasteiger partial charge in [0.15, 0.2) is 0 Å². The second-order valence-electron chi connectivity index (χ2n) is 6.84. The summed E-state index contributed by atoms with van der Waals surface area (Å²) in [6.45, 7) is 6.13. The van der Waals surface area contributed by atoms with Crippen LogP contribution in [-0.4, -0.2) is 34.6 Å². The van der Waals surface area contributed by atoms with Gasteiger partial charge in [-0.2, -0.15) is 0 Å². The molecule has 6 heteroatoms. The van der Waals surface area contributed by atoms with E-state index >= 15 is 0 Å². The fourth-order valence-corrected chi connectivity index (χ4v) is 3.76. The molecule has 0 aliphatic heterocycles. The van der Waals surface area contributed by atoms with Gasteiger partial charge in [-0.1, -0.05) is 48.9 Å². The van der Waals surface area contributed by atoms with E-state index in [1.54, 1.807) is 17.0 Å².